The highest BCUT2D eigenvalue weighted by atomic mass is 16.4. The van der Waals surface area contributed by atoms with E-state index in [2.05, 4.69) is 9.83 Å². The third kappa shape index (κ3) is 3.80. The Balaban J connectivity index is 2.60. The number of aromatic nitrogens is 1. The van der Waals surface area contributed by atoms with Gasteiger partial charge in [-0.1, -0.05) is 12.1 Å². The number of carboxylic acids is 1. The third-order valence-electron chi connectivity index (χ3n) is 3.57. The van der Waals surface area contributed by atoms with E-state index < -0.39 is 23.9 Å². The molecule has 124 valence electrons. The summed E-state index contributed by atoms with van der Waals surface area (Å²) in [6.07, 6.45) is -0.746. The summed E-state index contributed by atoms with van der Waals surface area (Å²) < 4.78 is 0. The molecule has 2 rings (SSSR count). The van der Waals surface area contributed by atoms with E-state index in [1.807, 2.05) is 0 Å². The summed E-state index contributed by atoms with van der Waals surface area (Å²) >= 11 is 0. The predicted molar refractivity (Wildman–Crippen MR) is 88.3 cm³/mol. The van der Waals surface area contributed by atoms with Crippen molar-refractivity contribution in [2.24, 2.45) is 0 Å². The second kappa shape index (κ2) is 7.24. The van der Waals surface area contributed by atoms with Crippen LogP contribution in [0.1, 0.15) is 34.5 Å². The number of hydrogen-bond donors (Lipinski definition) is 2. The monoisotopic (exact) mass is 335 g/mol. The minimum absolute atomic E-state index is 0.142. The number of carbonyl (C=O) groups excluding carboxylic acids is 1. The Labute approximate surface area is 143 Å². The van der Waals surface area contributed by atoms with Gasteiger partial charge in [-0.2, -0.15) is 5.26 Å². The minimum Gasteiger partial charge on any atom is -0.504 e. The molecule has 2 aromatic rings. The van der Waals surface area contributed by atoms with Crippen molar-refractivity contribution in [3.63, 3.8) is 0 Å². The fourth-order valence-electron chi connectivity index (χ4n) is 2.25. The maximum absolute atomic E-state index is 12.2. The van der Waals surface area contributed by atoms with Crippen molar-refractivity contribution >= 4 is 17.4 Å². The summed E-state index contributed by atoms with van der Waals surface area (Å²) in [5.41, 5.74) is 1.47. The van der Waals surface area contributed by atoms with Gasteiger partial charge >= 0.3 is 5.97 Å². The molecule has 25 heavy (non-hydrogen) atoms. The Morgan fingerprint density at radius 2 is 2.04 bits per heavy atom. The van der Waals surface area contributed by atoms with Crippen LogP contribution in [0.15, 0.2) is 24.3 Å². The summed E-state index contributed by atoms with van der Waals surface area (Å²) in [6, 6.07) is 8.06. The first-order valence-corrected chi connectivity index (χ1v) is 7.25. The number of rotatable bonds is 5. The molecule has 1 aromatic heterocycles. The molecular weight excluding hydrogens is 322 g/mol. The highest BCUT2D eigenvalue weighted by molar-refractivity contribution is 5.99. The van der Waals surface area contributed by atoms with Gasteiger partial charge in [0.15, 0.2) is 17.2 Å². The van der Waals surface area contributed by atoms with Crippen molar-refractivity contribution in [2.45, 2.75) is 19.8 Å². The minimum atomic E-state index is -1.15. The Morgan fingerprint density at radius 1 is 1.32 bits per heavy atom. The van der Waals surface area contributed by atoms with E-state index in [9.17, 15) is 20.0 Å². The lowest BCUT2D eigenvalue weighted by atomic mass is 10.0. The normalized spacial score (nSPS) is 9.88. The van der Waals surface area contributed by atoms with Crippen molar-refractivity contribution in [3.05, 3.63) is 52.5 Å². The molecule has 0 aliphatic carbocycles. The number of nitriles is 1. The number of hydrogen-bond acceptors (Lipinski definition) is 5. The van der Waals surface area contributed by atoms with E-state index in [1.54, 1.807) is 31.2 Å². The summed E-state index contributed by atoms with van der Waals surface area (Å²) in [5, 5.41) is 27.9. The molecule has 0 amide bonds. The summed E-state index contributed by atoms with van der Waals surface area (Å²) in [6.45, 7) is 8.88. The van der Waals surface area contributed by atoms with Crippen molar-refractivity contribution in [3.8, 4) is 23.1 Å². The van der Waals surface area contributed by atoms with Gasteiger partial charge < -0.3 is 10.2 Å². The van der Waals surface area contributed by atoms with Crippen LogP contribution in [0, 0.1) is 24.8 Å². The van der Waals surface area contributed by atoms with E-state index >= 15 is 0 Å². The van der Waals surface area contributed by atoms with Gasteiger partial charge in [0.2, 0.25) is 0 Å². The zero-order chi connectivity index (χ0) is 18.6. The number of carbonyl (C=O) groups is 2. The second-order valence-corrected chi connectivity index (χ2v) is 5.29. The van der Waals surface area contributed by atoms with Crippen molar-refractivity contribution in [1.82, 2.24) is 4.98 Å². The first-order chi connectivity index (χ1) is 11.9. The molecule has 0 saturated heterocycles. The molecule has 0 aliphatic rings. The molecule has 0 aliphatic heterocycles. The number of pyridine rings is 1. The van der Waals surface area contributed by atoms with Crippen LogP contribution in [0.2, 0.25) is 0 Å². The Hall–Kier alpha value is -3.71. The van der Waals surface area contributed by atoms with Crippen LogP contribution >= 0.6 is 0 Å². The third-order valence-corrected chi connectivity index (χ3v) is 3.57. The summed E-state index contributed by atoms with van der Waals surface area (Å²) in [7, 11) is 0. The van der Waals surface area contributed by atoms with Crippen LogP contribution in [0.3, 0.4) is 0 Å². The largest absolute Gasteiger partial charge is 0.504 e. The Morgan fingerprint density at radius 3 is 2.64 bits per heavy atom. The zero-order valence-electron chi connectivity index (χ0n) is 13.3. The zero-order valence-corrected chi connectivity index (χ0v) is 13.3. The molecule has 1 aromatic carbocycles. The van der Waals surface area contributed by atoms with Gasteiger partial charge in [-0.3, -0.25) is 9.59 Å². The van der Waals surface area contributed by atoms with Gasteiger partial charge in [0, 0.05) is 6.42 Å². The van der Waals surface area contributed by atoms with E-state index in [-0.39, 0.29) is 23.4 Å². The number of benzene rings is 1. The van der Waals surface area contributed by atoms with E-state index in [1.165, 1.54) is 6.07 Å². The molecule has 1 heterocycles. The van der Waals surface area contributed by atoms with Gasteiger partial charge in [0.25, 0.3) is 0 Å². The molecule has 2 N–H and O–H groups in total. The first kappa shape index (κ1) is 17.6. The number of aryl methyl sites for hydroxylation is 1. The van der Waals surface area contributed by atoms with Crippen molar-refractivity contribution < 1.29 is 19.8 Å². The molecule has 0 spiro atoms. The molecule has 0 bridgehead atoms. The maximum atomic E-state index is 12.2. The standard InChI is InChI=1S/C18H13N3O4/c1-10-3-4-12(20-2)8-13(10)14-7-11(9-19)18(25)17(21-14)15(22)5-6-16(23)24/h3-4,7-8,25H,5-6H2,1H3,(H,23,24). The molecule has 0 saturated carbocycles. The molecule has 0 atom stereocenters. The lowest BCUT2D eigenvalue weighted by Gasteiger charge is -2.10. The van der Waals surface area contributed by atoms with Crippen LogP contribution in [0.25, 0.3) is 16.1 Å². The lowest BCUT2D eigenvalue weighted by Crippen LogP contribution is -2.08. The molecule has 7 nitrogen and oxygen atoms in total. The average molecular weight is 335 g/mol. The van der Waals surface area contributed by atoms with Crippen LogP contribution in [-0.2, 0) is 4.79 Å². The molecular formula is C18H13N3O4. The lowest BCUT2D eigenvalue weighted by molar-refractivity contribution is -0.136. The van der Waals surface area contributed by atoms with Gasteiger partial charge in [0.05, 0.1) is 24.3 Å². The fraction of sp³-hybridized carbons (Fsp3) is 0.167. The highest BCUT2D eigenvalue weighted by Gasteiger charge is 2.20. The number of nitrogens with zero attached hydrogens (tertiary/aromatic N) is 3. The van der Waals surface area contributed by atoms with Crippen molar-refractivity contribution in [1.29, 1.82) is 5.26 Å². The number of aromatic hydroxyl groups is 1. The number of carboxylic acid groups (broad SMARTS) is 1. The SMILES string of the molecule is [C-]#[N+]c1ccc(C)c(-c2cc(C#N)c(O)c(C(=O)CCC(=O)O)n2)c1. The second-order valence-electron chi connectivity index (χ2n) is 5.29. The van der Waals surface area contributed by atoms with E-state index in [4.69, 9.17) is 11.7 Å². The number of aliphatic carboxylic acids is 1. The highest BCUT2D eigenvalue weighted by Crippen LogP contribution is 2.31. The number of Topliss-reactive ketones (excluding diaryl/α,β-unsaturated/α-hetero) is 1. The molecule has 0 fully saturated rings. The van der Waals surface area contributed by atoms with Gasteiger partial charge in [-0.25, -0.2) is 9.83 Å². The van der Waals surface area contributed by atoms with E-state index in [0.717, 1.165) is 5.56 Å². The van der Waals surface area contributed by atoms with E-state index in [0.29, 0.717) is 11.3 Å². The van der Waals surface area contributed by atoms with Crippen LogP contribution in [-0.4, -0.2) is 26.9 Å². The molecule has 7 heteroatoms. The van der Waals surface area contributed by atoms with Gasteiger partial charge in [0.1, 0.15) is 11.8 Å². The smallest absolute Gasteiger partial charge is 0.303 e. The molecule has 0 radical (unpaired) electrons. The van der Waals surface area contributed by atoms with Gasteiger partial charge in [-0.05, 0) is 30.2 Å². The average Bonchev–Trinajstić information content (AvgIpc) is 2.60. The summed E-state index contributed by atoms with van der Waals surface area (Å²) in [4.78, 5) is 30.3. The number of ketones is 1. The summed E-state index contributed by atoms with van der Waals surface area (Å²) in [5.74, 6) is -2.39. The van der Waals surface area contributed by atoms with Crippen molar-refractivity contribution in [2.75, 3.05) is 0 Å². The van der Waals surface area contributed by atoms with Gasteiger partial charge in [-0.15, -0.1) is 0 Å². The van der Waals surface area contributed by atoms with Crippen LogP contribution in [0.4, 0.5) is 5.69 Å². The Kier molecular flexibility index (Phi) is 5.11. The Bertz CT molecular complexity index is 952. The fourth-order valence-corrected chi connectivity index (χ4v) is 2.25. The quantitative estimate of drug-likeness (QED) is 0.640. The van der Waals surface area contributed by atoms with Crippen LogP contribution in [0.5, 0.6) is 5.75 Å². The topological polar surface area (TPSA) is 116 Å². The molecule has 0 unspecified atom stereocenters. The first-order valence-electron chi connectivity index (χ1n) is 7.25. The predicted octanol–water partition coefficient (Wildman–Crippen LogP) is 3.23. The maximum Gasteiger partial charge on any atom is 0.303 e. The van der Waals surface area contributed by atoms with Crippen LogP contribution < -0.4 is 0 Å².